The summed E-state index contributed by atoms with van der Waals surface area (Å²) in [6, 6.07) is 42.2. The van der Waals surface area contributed by atoms with E-state index in [9.17, 15) is 0 Å². The van der Waals surface area contributed by atoms with Crippen LogP contribution in [0.1, 0.15) is 77.3 Å². The highest BCUT2D eigenvalue weighted by Crippen LogP contribution is 2.45. The van der Waals surface area contributed by atoms with E-state index in [1.807, 2.05) is 65.9 Å². The molecule has 2 unspecified atom stereocenters. The Morgan fingerprint density at radius 1 is 0.792 bits per heavy atom. The predicted molar refractivity (Wildman–Crippen MR) is 228 cm³/mol. The molecule has 1 aromatic heterocycles. The van der Waals surface area contributed by atoms with Gasteiger partial charge in [-0.15, -0.1) is 11.3 Å². The predicted octanol–water partition coefficient (Wildman–Crippen LogP) is 12.8. The summed E-state index contributed by atoms with van der Waals surface area (Å²) >= 11 is 1.96. The van der Waals surface area contributed by atoms with Crippen molar-refractivity contribution in [2.75, 3.05) is 5.32 Å². The Morgan fingerprint density at radius 3 is 2.32 bits per heavy atom. The summed E-state index contributed by atoms with van der Waals surface area (Å²) < 4.78 is 1.36. The van der Waals surface area contributed by atoms with E-state index in [1.54, 1.807) is 0 Å². The quantitative estimate of drug-likeness (QED) is 0.131. The van der Waals surface area contributed by atoms with Crippen molar-refractivity contribution in [2.24, 2.45) is 17.4 Å². The maximum atomic E-state index is 7.05. The molecule has 4 heteroatoms. The van der Waals surface area contributed by atoms with Crippen molar-refractivity contribution in [1.82, 2.24) is 0 Å². The molecule has 2 aliphatic carbocycles. The monoisotopic (exact) mass is 707 g/mol. The van der Waals surface area contributed by atoms with Crippen molar-refractivity contribution >= 4 is 50.1 Å². The van der Waals surface area contributed by atoms with Gasteiger partial charge in [-0.05, 0) is 82.3 Å². The van der Waals surface area contributed by atoms with Crippen LogP contribution >= 0.6 is 11.3 Å². The summed E-state index contributed by atoms with van der Waals surface area (Å²) in [7, 11) is 0. The van der Waals surface area contributed by atoms with Crippen molar-refractivity contribution in [3.05, 3.63) is 190 Å². The fourth-order valence-corrected chi connectivity index (χ4v) is 9.01. The van der Waals surface area contributed by atoms with E-state index >= 15 is 0 Å². The number of hydrogen-bond donors (Lipinski definition) is 3. The second kappa shape index (κ2) is 15.1. The van der Waals surface area contributed by atoms with Gasteiger partial charge < -0.3 is 16.8 Å². The molecule has 0 spiro atoms. The van der Waals surface area contributed by atoms with Crippen molar-refractivity contribution < 1.29 is 0 Å². The molecule has 0 saturated heterocycles. The summed E-state index contributed by atoms with van der Waals surface area (Å²) in [5, 5.41) is 5.17. The molecule has 1 heterocycles. The fraction of sp³-hybridized carbons (Fsp3) is 0.163. The van der Waals surface area contributed by atoms with Gasteiger partial charge in [-0.1, -0.05) is 153 Å². The number of fused-ring (bicyclic) bond motifs is 3. The lowest BCUT2D eigenvalue weighted by atomic mass is 9.87. The van der Waals surface area contributed by atoms with E-state index < -0.39 is 0 Å². The molecule has 53 heavy (non-hydrogen) atoms. The van der Waals surface area contributed by atoms with Crippen molar-refractivity contribution in [3.8, 4) is 11.1 Å². The van der Waals surface area contributed by atoms with Crippen molar-refractivity contribution in [1.29, 1.82) is 0 Å². The fourth-order valence-electron chi connectivity index (χ4n) is 7.62. The topological polar surface area (TPSA) is 64.1 Å². The Hall–Kier alpha value is -5.64. The zero-order valence-corrected chi connectivity index (χ0v) is 31.1. The number of nitrogens with two attached hydrogens (primary N) is 2. The lowest BCUT2D eigenvalue weighted by Gasteiger charge is -2.22. The first-order valence-electron chi connectivity index (χ1n) is 18.6. The number of thiophene rings is 1. The largest absolute Gasteiger partial charge is 0.392 e. The molecule has 3 nitrogen and oxygen atoms in total. The zero-order chi connectivity index (χ0) is 36.3. The third-order valence-electron chi connectivity index (χ3n) is 10.6. The second-order valence-electron chi connectivity index (χ2n) is 14.4. The van der Waals surface area contributed by atoms with Gasteiger partial charge in [-0.2, -0.15) is 0 Å². The molecule has 4 atom stereocenters. The Morgan fingerprint density at radius 2 is 1.55 bits per heavy atom. The minimum Gasteiger partial charge on any atom is -0.392 e. The lowest BCUT2D eigenvalue weighted by Crippen LogP contribution is -2.18. The van der Waals surface area contributed by atoms with E-state index in [0.29, 0.717) is 17.5 Å². The first kappa shape index (κ1) is 34.4. The molecule has 0 fully saturated rings. The second-order valence-corrected chi connectivity index (χ2v) is 15.5. The highest BCUT2D eigenvalue weighted by molar-refractivity contribution is 7.20. The van der Waals surface area contributed by atoms with Gasteiger partial charge in [0.15, 0.2) is 0 Å². The Balaban J connectivity index is 1.13. The van der Waals surface area contributed by atoms with Gasteiger partial charge in [0.1, 0.15) is 0 Å². The highest BCUT2D eigenvalue weighted by Gasteiger charge is 2.22. The molecule has 2 aliphatic rings. The van der Waals surface area contributed by atoms with Gasteiger partial charge >= 0.3 is 0 Å². The summed E-state index contributed by atoms with van der Waals surface area (Å²) in [4.78, 5) is 1.50. The van der Waals surface area contributed by atoms with E-state index in [0.717, 1.165) is 40.9 Å². The van der Waals surface area contributed by atoms with Crippen molar-refractivity contribution in [3.63, 3.8) is 0 Å². The zero-order valence-electron chi connectivity index (χ0n) is 30.3. The molecule has 0 amide bonds. The number of allylic oxidation sites excluding steroid dienone is 5. The van der Waals surface area contributed by atoms with Crippen LogP contribution in [0, 0.1) is 5.92 Å². The number of anilines is 2. The third kappa shape index (κ3) is 7.23. The van der Waals surface area contributed by atoms with Crippen LogP contribution in [-0.4, -0.2) is 0 Å². The molecule has 5 N–H and O–H groups in total. The number of benzene rings is 5. The van der Waals surface area contributed by atoms with Gasteiger partial charge in [0.2, 0.25) is 0 Å². The number of nitrogens with one attached hydrogen (secondary N) is 1. The van der Waals surface area contributed by atoms with Crippen LogP contribution < -0.4 is 16.8 Å². The normalized spacial score (nSPS) is 17.4. The average molecular weight is 708 g/mol. The maximum Gasteiger partial charge on any atom is 0.0818 e. The number of hydrogen-bond acceptors (Lipinski definition) is 4. The van der Waals surface area contributed by atoms with Crippen LogP contribution in [0.25, 0.3) is 38.6 Å². The lowest BCUT2D eigenvalue weighted by molar-refractivity contribution is 0.647. The van der Waals surface area contributed by atoms with Gasteiger partial charge in [0.05, 0.1) is 5.70 Å². The Kier molecular flexibility index (Phi) is 9.84. The molecular weight excluding hydrogens is 663 g/mol. The molecule has 0 aliphatic heterocycles. The number of rotatable bonds is 9. The van der Waals surface area contributed by atoms with Crippen LogP contribution in [0.2, 0.25) is 0 Å². The molecule has 0 radical (unpaired) electrons. The summed E-state index contributed by atoms with van der Waals surface area (Å²) in [6.45, 7) is 4.63. The molecule has 262 valence electrons. The third-order valence-corrected chi connectivity index (χ3v) is 12.1. The SMILES string of the molecule is CC1CC=Cc2c1sc1c(-c3ccc(C4=C[C@@H](C)CC=C4)c(Nc4ccc([C@H](N)C(C=C=C(N)c5ccccc5)c5ccccc5)cc4)c3)cccc21. The van der Waals surface area contributed by atoms with E-state index in [-0.39, 0.29) is 12.0 Å². The van der Waals surface area contributed by atoms with Gasteiger partial charge in [0.25, 0.3) is 0 Å². The molecule has 6 aromatic rings. The molecule has 5 aromatic carbocycles. The van der Waals surface area contributed by atoms with Crippen LogP contribution in [0.15, 0.2) is 157 Å². The standard InChI is InChI=1S/C49H45N3S/c1-32-12-9-18-37(30-32)40-27-24-38(42-19-11-21-44-43-20-10-13-33(2)48(43)53-49(42)44)31-46(40)52-39-25-22-36(23-26-39)47(51)41(34-14-5-3-6-15-34)28-29-45(50)35-16-7-4-8-17-35/h3-11,14-28,30-33,41,47,52H,12-13,50-51H2,1-2H3/t29?,32-,33?,41?,47-/m0/s1. The van der Waals surface area contributed by atoms with E-state index in [4.69, 9.17) is 11.5 Å². The van der Waals surface area contributed by atoms with Crippen LogP contribution in [-0.2, 0) is 0 Å². The van der Waals surface area contributed by atoms with Crippen LogP contribution in [0.3, 0.4) is 0 Å². The first-order valence-corrected chi connectivity index (χ1v) is 19.4. The minimum atomic E-state index is -0.296. The summed E-state index contributed by atoms with van der Waals surface area (Å²) in [5.74, 6) is 0.927. The Labute approximate surface area is 317 Å². The molecule has 8 rings (SSSR count). The molecular formula is C49H45N3S. The minimum absolute atomic E-state index is 0.114. The van der Waals surface area contributed by atoms with E-state index in [1.165, 1.54) is 42.8 Å². The molecule has 0 saturated carbocycles. The van der Waals surface area contributed by atoms with Gasteiger partial charge in [-0.3, -0.25) is 0 Å². The van der Waals surface area contributed by atoms with Crippen LogP contribution in [0.5, 0.6) is 0 Å². The molecule has 0 bridgehead atoms. The Bertz CT molecular complexity index is 2410. The van der Waals surface area contributed by atoms with Crippen molar-refractivity contribution in [2.45, 2.75) is 44.6 Å². The summed E-state index contributed by atoms with van der Waals surface area (Å²) in [6.07, 6.45) is 15.8. The van der Waals surface area contributed by atoms with Gasteiger partial charge in [0, 0.05) is 49.4 Å². The summed E-state index contributed by atoms with van der Waals surface area (Å²) in [5.41, 5.74) is 29.0. The van der Waals surface area contributed by atoms with Crippen LogP contribution in [0.4, 0.5) is 11.4 Å². The maximum absolute atomic E-state index is 7.05. The van der Waals surface area contributed by atoms with E-state index in [2.05, 4.69) is 128 Å². The van der Waals surface area contributed by atoms with Gasteiger partial charge in [-0.25, -0.2) is 0 Å². The first-order chi connectivity index (χ1) is 25.9. The highest BCUT2D eigenvalue weighted by atomic mass is 32.1. The average Bonchev–Trinajstić information content (AvgIpc) is 3.59. The smallest absolute Gasteiger partial charge is 0.0818 e.